The SMILES string of the molecule is O=Cc1cccn1-c1ccc2c(c1)OCCO2. The molecule has 0 N–H and O–H groups in total. The van der Waals surface area contributed by atoms with Gasteiger partial charge in [-0.25, -0.2) is 0 Å². The maximum absolute atomic E-state index is 10.9. The molecular formula is C13H11NO3. The Morgan fingerprint density at radius 1 is 1.12 bits per heavy atom. The molecule has 1 aliphatic heterocycles. The third kappa shape index (κ3) is 1.67. The van der Waals surface area contributed by atoms with E-state index in [0.29, 0.717) is 18.9 Å². The minimum absolute atomic E-state index is 0.558. The fourth-order valence-corrected chi connectivity index (χ4v) is 1.91. The number of aromatic nitrogens is 1. The van der Waals surface area contributed by atoms with Crippen LogP contribution in [0.25, 0.3) is 5.69 Å². The van der Waals surface area contributed by atoms with Gasteiger partial charge in [-0.2, -0.15) is 0 Å². The summed E-state index contributed by atoms with van der Waals surface area (Å²) in [5, 5.41) is 0. The van der Waals surface area contributed by atoms with Crippen molar-refractivity contribution in [2.24, 2.45) is 0 Å². The molecule has 86 valence electrons. The van der Waals surface area contributed by atoms with Gasteiger partial charge in [0.15, 0.2) is 17.8 Å². The van der Waals surface area contributed by atoms with Crippen LogP contribution in [0.4, 0.5) is 0 Å². The molecule has 17 heavy (non-hydrogen) atoms. The number of benzene rings is 1. The summed E-state index contributed by atoms with van der Waals surface area (Å²) in [4.78, 5) is 10.9. The van der Waals surface area contributed by atoms with Gasteiger partial charge in [0.05, 0.1) is 5.69 Å². The summed E-state index contributed by atoms with van der Waals surface area (Å²) in [5.74, 6) is 1.47. The van der Waals surface area contributed by atoms with Crippen molar-refractivity contribution in [2.75, 3.05) is 13.2 Å². The normalized spacial score (nSPS) is 13.4. The molecule has 3 rings (SSSR count). The molecule has 0 bridgehead atoms. The van der Waals surface area contributed by atoms with Gasteiger partial charge >= 0.3 is 0 Å². The third-order valence-electron chi connectivity index (χ3n) is 2.70. The van der Waals surface area contributed by atoms with Gasteiger partial charge < -0.3 is 14.0 Å². The van der Waals surface area contributed by atoms with Crippen LogP contribution >= 0.6 is 0 Å². The van der Waals surface area contributed by atoms with Gasteiger partial charge in [0.2, 0.25) is 0 Å². The highest BCUT2D eigenvalue weighted by molar-refractivity contribution is 5.74. The highest BCUT2D eigenvalue weighted by atomic mass is 16.6. The first-order valence-corrected chi connectivity index (χ1v) is 5.41. The van der Waals surface area contributed by atoms with Gasteiger partial charge in [0, 0.05) is 18.0 Å². The van der Waals surface area contributed by atoms with E-state index in [-0.39, 0.29) is 0 Å². The smallest absolute Gasteiger partial charge is 0.166 e. The summed E-state index contributed by atoms with van der Waals surface area (Å²) in [6.07, 6.45) is 2.67. The highest BCUT2D eigenvalue weighted by Gasteiger charge is 2.12. The highest BCUT2D eigenvalue weighted by Crippen LogP contribution is 2.32. The number of aldehydes is 1. The molecule has 0 saturated heterocycles. The molecule has 0 saturated carbocycles. The van der Waals surface area contributed by atoms with E-state index in [1.807, 2.05) is 35.0 Å². The second-order valence-corrected chi connectivity index (χ2v) is 3.75. The number of hydrogen-bond donors (Lipinski definition) is 0. The van der Waals surface area contributed by atoms with Crippen LogP contribution in [0.2, 0.25) is 0 Å². The first kappa shape index (κ1) is 9.96. The Morgan fingerprint density at radius 3 is 2.76 bits per heavy atom. The van der Waals surface area contributed by atoms with E-state index in [4.69, 9.17) is 9.47 Å². The van der Waals surface area contributed by atoms with E-state index in [1.165, 1.54) is 0 Å². The van der Waals surface area contributed by atoms with E-state index in [0.717, 1.165) is 23.5 Å². The first-order chi connectivity index (χ1) is 8.38. The summed E-state index contributed by atoms with van der Waals surface area (Å²) < 4.78 is 12.8. The Hall–Kier alpha value is -2.23. The Kier molecular flexibility index (Phi) is 2.33. The number of carbonyl (C=O) groups is 1. The van der Waals surface area contributed by atoms with E-state index >= 15 is 0 Å². The molecule has 0 radical (unpaired) electrons. The quantitative estimate of drug-likeness (QED) is 0.740. The van der Waals surface area contributed by atoms with Crippen molar-refractivity contribution in [3.8, 4) is 17.2 Å². The Labute approximate surface area is 98.4 Å². The first-order valence-electron chi connectivity index (χ1n) is 5.41. The number of fused-ring (bicyclic) bond motifs is 1. The molecule has 0 amide bonds. The molecule has 2 heterocycles. The van der Waals surface area contributed by atoms with E-state index < -0.39 is 0 Å². The van der Waals surface area contributed by atoms with Crippen LogP contribution < -0.4 is 9.47 Å². The van der Waals surface area contributed by atoms with Gasteiger partial charge in [-0.3, -0.25) is 4.79 Å². The van der Waals surface area contributed by atoms with Crippen LogP contribution in [0, 0.1) is 0 Å². The largest absolute Gasteiger partial charge is 0.486 e. The monoisotopic (exact) mass is 229 g/mol. The molecule has 0 spiro atoms. The van der Waals surface area contributed by atoms with Crippen LogP contribution in [0.5, 0.6) is 11.5 Å². The Balaban J connectivity index is 2.07. The van der Waals surface area contributed by atoms with Gasteiger partial charge in [-0.15, -0.1) is 0 Å². The zero-order valence-electron chi connectivity index (χ0n) is 9.13. The lowest BCUT2D eigenvalue weighted by molar-refractivity contribution is 0.111. The second kappa shape index (κ2) is 3.97. The lowest BCUT2D eigenvalue weighted by Crippen LogP contribution is -2.15. The molecule has 2 aromatic rings. The van der Waals surface area contributed by atoms with Crippen LogP contribution in [-0.4, -0.2) is 24.1 Å². The maximum Gasteiger partial charge on any atom is 0.166 e. The van der Waals surface area contributed by atoms with E-state index in [2.05, 4.69) is 0 Å². The lowest BCUT2D eigenvalue weighted by Gasteiger charge is -2.19. The fraction of sp³-hybridized carbons (Fsp3) is 0.154. The topological polar surface area (TPSA) is 40.5 Å². The molecule has 0 unspecified atom stereocenters. The van der Waals surface area contributed by atoms with Crippen molar-refractivity contribution < 1.29 is 14.3 Å². The zero-order valence-corrected chi connectivity index (χ0v) is 9.13. The van der Waals surface area contributed by atoms with Crippen LogP contribution in [0.1, 0.15) is 10.5 Å². The predicted octanol–water partition coefficient (Wildman–Crippen LogP) is 2.06. The number of nitrogens with zero attached hydrogens (tertiary/aromatic N) is 1. The van der Waals surface area contributed by atoms with Crippen molar-refractivity contribution in [2.45, 2.75) is 0 Å². The molecule has 1 aromatic heterocycles. The second-order valence-electron chi connectivity index (χ2n) is 3.75. The van der Waals surface area contributed by atoms with Crippen LogP contribution in [0.15, 0.2) is 36.5 Å². The summed E-state index contributed by atoms with van der Waals surface area (Å²) >= 11 is 0. The Bertz CT molecular complexity index is 560. The zero-order chi connectivity index (χ0) is 11.7. The van der Waals surface area contributed by atoms with Crippen molar-refractivity contribution in [1.29, 1.82) is 0 Å². The van der Waals surface area contributed by atoms with E-state index in [9.17, 15) is 4.79 Å². The molecule has 0 atom stereocenters. The number of hydrogen-bond acceptors (Lipinski definition) is 3. The van der Waals surface area contributed by atoms with Crippen LogP contribution in [-0.2, 0) is 0 Å². The van der Waals surface area contributed by atoms with Crippen molar-refractivity contribution >= 4 is 6.29 Å². The van der Waals surface area contributed by atoms with Gasteiger partial charge in [0.25, 0.3) is 0 Å². The van der Waals surface area contributed by atoms with Crippen molar-refractivity contribution in [3.63, 3.8) is 0 Å². The number of carbonyl (C=O) groups excluding carboxylic acids is 1. The molecule has 0 aliphatic carbocycles. The summed E-state index contributed by atoms with van der Waals surface area (Å²) in [7, 11) is 0. The summed E-state index contributed by atoms with van der Waals surface area (Å²) in [6.45, 7) is 1.14. The average Bonchev–Trinajstić information content (AvgIpc) is 2.86. The predicted molar refractivity (Wildman–Crippen MR) is 62.1 cm³/mol. The molecule has 1 aliphatic rings. The molecule has 1 aromatic carbocycles. The molecule has 0 fully saturated rings. The maximum atomic E-state index is 10.9. The van der Waals surface area contributed by atoms with Gasteiger partial charge in [0.1, 0.15) is 13.2 Å². The number of rotatable bonds is 2. The van der Waals surface area contributed by atoms with Crippen molar-refractivity contribution in [1.82, 2.24) is 4.57 Å². The molecule has 4 heteroatoms. The number of ether oxygens (including phenoxy) is 2. The van der Waals surface area contributed by atoms with E-state index in [1.54, 1.807) is 6.07 Å². The molecule has 4 nitrogen and oxygen atoms in total. The minimum Gasteiger partial charge on any atom is -0.486 e. The van der Waals surface area contributed by atoms with Crippen molar-refractivity contribution in [3.05, 3.63) is 42.2 Å². The van der Waals surface area contributed by atoms with Gasteiger partial charge in [-0.1, -0.05) is 0 Å². The lowest BCUT2D eigenvalue weighted by atomic mass is 10.2. The minimum atomic E-state index is 0.558. The van der Waals surface area contributed by atoms with Gasteiger partial charge in [-0.05, 0) is 24.3 Å². The standard InChI is InChI=1S/C13H11NO3/c15-9-11-2-1-5-14(11)10-3-4-12-13(8-10)17-7-6-16-12/h1-5,8-9H,6-7H2. The molecular weight excluding hydrogens is 218 g/mol. The summed E-state index contributed by atoms with van der Waals surface area (Å²) in [5.41, 5.74) is 1.50. The third-order valence-corrected chi connectivity index (χ3v) is 2.70. The fourth-order valence-electron chi connectivity index (χ4n) is 1.91. The van der Waals surface area contributed by atoms with Crippen LogP contribution in [0.3, 0.4) is 0 Å². The average molecular weight is 229 g/mol. The Morgan fingerprint density at radius 2 is 1.94 bits per heavy atom. The summed E-state index contributed by atoms with van der Waals surface area (Å²) in [6, 6.07) is 9.24.